The number of carbonyl (C=O) groups excluding carboxylic acids is 1. The molecular weight excluding hydrogens is 381 g/mol. The molecule has 0 fully saturated rings. The molecule has 0 aliphatic rings. The number of rotatable bonds is 7. The van der Waals surface area contributed by atoms with Crippen molar-refractivity contribution >= 4 is 23.4 Å². The van der Waals surface area contributed by atoms with Crippen molar-refractivity contribution in [2.24, 2.45) is 0 Å². The van der Waals surface area contributed by atoms with Gasteiger partial charge in [0.15, 0.2) is 0 Å². The Kier molecular flexibility index (Phi) is 6.25. The van der Waals surface area contributed by atoms with Gasteiger partial charge < -0.3 is 10.1 Å². The van der Waals surface area contributed by atoms with Crippen LogP contribution in [0.15, 0.2) is 47.6 Å². The Morgan fingerprint density at radius 2 is 2.04 bits per heavy atom. The van der Waals surface area contributed by atoms with Crippen molar-refractivity contribution < 1.29 is 13.9 Å². The van der Waals surface area contributed by atoms with Crippen molar-refractivity contribution in [2.45, 2.75) is 30.8 Å². The number of methoxy groups -OCH3 is 1. The van der Waals surface area contributed by atoms with E-state index in [4.69, 9.17) is 4.74 Å². The molecule has 0 spiro atoms. The first-order chi connectivity index (χ1) is 13.5. The Morgan fingerprint density at radius 3 is 2.71 bits per heavy atom. The highest BCUT2D eigenvalue weighted by atomic mass is 32.2. The normalized spacial score (nSPS) is 11.9. The summed E-state index contributed by atoms with van der Waals surface area (Å²) in [6, 6.07) is 12.2. The number of tetrazole rings is 1. The van der Waals surface area contributed by atoms with Crippen LogP contribution in [0.4, 0.5) is 10.1 Å². The van der Waals surface area contributed by atoms with Crippen LogP contribution < -0.4 is 10.1 Å². The Hall–Kier alpha value is -2.94. The van der Waals surface area contributed by atoms with Gasteiger partial charge >= 0.3 is 0 Å². The second-order valence-corrected chi connectivity index (χ2v) is 7.49. The van der Waals surface area contributed by atoms with Gasteiger partial charge in [-0.3, -0.25) is 4.79 Å². The van der Waals surface area contributed by atoms with E-state index in [2.05, 4.69) is 20.8 Å². The van der Waals surface area contributed by atoms with Gasteiger partial charge in [0.05, 0.1) is 18.9 Å². The molecule has 1 N–H and O–H groups in total. The van der Waals surface area contributed by atoms with Crippen LogP contribution in [0.1, 0.15) is 18.1 Å². The fourth-order valence-corrected chi connectivity index (χ4v) is 3.20. The molecule has 1 amide bonds. The molecule has 28 heavy (non-hydrogen) atoms. The van der Waals surface area contributed by atoms with E-state index < -0.39 is 5.25 Å². The van der Waals surface area contributed by atoms with Crippen LogP contribution in [0.2, 0.25) is 0 Å². The second kappa shape index (κ2) is 8.83. The standard InChI is InChI=1S/C19H20FN5O2S/c1-12-4-7-15(10-17(12)20)21-18(26)13(2)28-19-22-23-24-25(19)11-14-5-8-16(27-3)9-6-14/h4-10,13H,11H2,1-3H3,(H,21,26). The van der Waals surface area contributed by atoms with Crippen molar-refractivity contribution in [1.29, 1.82) is 0 Å². The number of nitrogens with zero attached hydrogens (tertiary/aromatic N) is 4. The fraction of sp³-hybridized carbons (Fsp3) is 0.263. The number of halogens is 1. The molecule has 0 aliphatic carbocycles. The zero-order valence-electron chi connectivity index (χ0n) is 15.7. The summed E-state index contributed by atoms with van der Waals surface area (Å²) in [5.41, 5.74) is 1.94. The number of carbonyl (C=O) groups is 1. The Morgan fingerprint density at radius 1 is 1.29 bits per heavy atom. The van der Waals surface area contributed by atoms with E-state index in [1.807, 2.05) is 24.3 Å². The number of aromatic nitrogens is 4. The molecule has 1 heterocycles. The molecule has 1 unspecified atom stereocenters. The van der Waals surface area contributed by atoms with Crippen molar-refractivity contribution in [3.05, 3.63) is 59.4 Å². The topological polar surface area (TPSA) is 81.9 Å². The van der Waals surface area contributed by atoms with Crippen molar-refractivity contribution in [3.63, 3.8) is 0 Å². The van der Waals surface area contributed by atoms with Gasteiger partial charge in [0, 0.05) is 5.69 Å². The Labute approximate surface area is 166 Å². The molecule has 146 valence electrons. The predicted molar refractivity (Wildman–Crippen MR) is 105 cm³/mol. The van der Waals surface area contributed by atoms with Gasteiger partial charge in [-0.05, 0) is 59.7 Å². The average Bonchev–Trinajstić information content (AvgIpc) is 3.12. The van der Waals surface area contributed by atoms with Crippen LogP contribution in [0.5, 0.6) is 5.75 Å². The SMILES string of the molecule is COc1ccc(Cn2nnnc2SC(C)C(=O)Nc2ccc(C)c(F)c2)cc1. The number of amides is 1. The highest BCUT2D eigenvalue weighted by Crippen LogP contribution is 2.23. The molecule has 3 rings (SSSR count). The van der Waals surface area contributed by atoms with Gasteiger partial charge in [0.25, 0.3) is 0 Å². The molecular formula is C19H20FN5O2S. The number of thioether (sulfide) groups is 1. The van der Waals surface area contributed by atoms with Gasteiger partial charge in [-0.15, -0.1) is 5.10 Å². The fourth-order valence-electron chi connectivity index (χ4n) is 2.41. The van der Waals surface area contributed by atoms with Crippen LogP contribution in [-0.4, -0.2) is 38.5 Å². The predicted octanol–water partition coefficient (Wildman–Crippen LogP) is 3.30. The Bertz CT molecular complexity index is 961. The lowest BCUT2D eigenvalue weighted by Crippen LogP contribution is -2.23. The molecule has 7 nitrogen and oxygen atoms in total. The number of hydrogen-bond donors (Lipinski definition) is 1. The summed E-state index contributed by atoms with van der Waals surface area (Å²) in [4.78, 5) is 12.4. The minimum absolute atomic E-state index is 0.257. The van der Waals surface area contributed by atoms with Gasteiger partial charge in [0.2, 0.25) is 11.1 Å². The number of ether oxygens (including phenoxy) is 1. The van der Waals surface area contributed by atoms with E-state index in [1.165, 1.54) is 17.8 Å². The first kappa shape index (κ1) is 19.8. The number of aryl methyl sites for hydroxylation is 1. The third-order valence-electron chi connectivity index (χ3n) is 4.08. The third kappa shape index (κ3) is 4.86. The van der Waals surface area contributed by atoms with Gasteiger partial charge in [0.1, 0.15) is 11.6 Å². The number of hydrogen-bond acceptors (Lipinski definition) is 6. The van der Waals surface area contributed by atoms with Crippen LogP contribution in [0.3, 0.4) is 0 Å². The minimum Gasteiger partial charge on any atom is -0.497 e. The average molecular weight is 401 g/mol. The van der Waals surface area contributed by atoms with E-state index >= 15 is 0 Å². The highest BCUT2D eigenvalue weighted by Gasteiger charge is 2.19. The summed E-state index contributed by atoms with van der Waals surface area (Å²) in [6.07, 6.45) is 0. The zero-order valence-corrected chi connectivity index (χ0v) is 16.5. The monoisotopic (exact) mass is 401 g/mol. The molecule has 1 aromatic heterocycles. The second-order valence-electron chi connectivity index (χ2n) is 6.18. The summed E-state index contributed by atoms with van der Waals surface area (Å²) in [5, 5.41) is 14.5. The Balaban J connectivity index is 1.63. The lowest BCUT2D eigenvalue weighted by molar-refractivity contribution is -0.115. The van der Waals surface area contributed by atoms with Crippen LogP contribution in [0, 0.1) is 12.7 Å². The lowest BCUT2D eigenvalue weighted by atomic mass is 10.2. The van der Waals surface area contributed by atoms with Gasteiger partial charge in [-0.1, -0.05) is 30.0 Å². The van der Waals surface area contributed by atoms with Crippen molar-refractivity contribution in [2.75, 3.05) is 12.4 Å². The smallest absolute Gasteiger partial charge is 0.237 e. The number of benzene rings is 2. The molecule has 2 aromatic carbocycles. The molecule has 0 bridgehead atoms. The quantitative estimate of drug-likeness (QED) is 0.612. The highest BCUT2D eigenvalue weighted by molar-refractivity contribution is 8.00. The van der Waals surface area contributed by atoms with Gasteiger partial charge in [-0.2, -0.15) is 0 Å². The third-order valence-corrected chi connectivity index (χ3v) is 5.15. The van der Waals surface area contributed by atoms with E-state index in [-0.39, 0.29) is 11.7 Å². The van der Waals surface area contributed by atoms with Crippen LogP contribution >= 0.6 is 11.8 Å². The van der Waals surface area contributed by atoms with E-state index in [0.717, 1.165) is 11.3 Å². The summed E-state index contributed by atoms with van der Waals surface area (Å²) in [6.45, 7) is 3.88. The minimum atomic E-state index is -0.468. The molecule has 0 saturated heterocycles. The summed E-state index contributed by atoms with van der Waals surface area (Å²) < 4.78 is 20.4. The first-order valence-corrected chi connectivity index (χ1v) is 9.47. The molecule has 0 saturated carbocycles. The van der Waals surface area contributed by atoms with E-state index in [9.17, 15) is 9.18 Å². The lowest BCUT2D eigenvalue weighted by Gasteiger charge is -2.12. The molecule has 0 aliphatic heterocycles. The summed E-state index contributed by atoms with van der Waals surface area (Å²) in [7, 11) is 1.61. The number of anilines is 1. The number of nitrogens with one attached hydrogen (secondary N) is 1. The van der Waals surface area contributed by atoms with Crippen LogP contribution in [0.25, 0.3) is 0 Å². The largest absolute Gasteiger partial charge is 0.497 e. The van der Waals surface area contributed by atoms with Gasteiger partial charge in [-0.25, -0.2) is 9.07 Å². The zero-order chi connectivity index (χ0) is 20.1. The maximum atomic E-state index is 13.6. The van der Waals surface area contributed by atoms with Crippen molar-refractivity contribution in [3.8, 4) is 5.75 Å². The maximum absolute atomic E-state index is 13.6. The summed E-state index contributed by atoms with van der Waals surface area (Å²) in [5.74, 6) is 0.154. The molecule has 9 heteroatoms. The molecule has 3 aromatic rings. The molecule has 1 atom stereocenters. The van der Waals surface area contributed by atoms with Crippen molar-refractivity contribution in [1.82, 2.24) is 20.2 Å². The van der Waals surface area contributed by atoms with Crippen LogP contribution in [-0.2, 0) is 11.3 Å². The molecule has 0 radical (unpaired) electrons. The maximum Gasteiger partial charge on any atom is 0.237 e. The van der Waals surface area contributed by atoms with E-state index in [0.29, 0.717) is 23.0 Å². The van der Waals surface area contributed by atoms with E-state index in [1.54, 1.807) is 37.8 Å². The summed E-state index contributed by atoms with van der Waals surface area (Å²) >= 11 is 1.23. The first-order valence-electron chi connectivity index (χ1n) is 8.59.